The molecule has 0 nitrogen and oxygen atoms in total. The SMILES string of the molecule is Cl.Cl.[CH2]=[Zr]([CH3])([C]1=CC(C)=CC1C)([c]1ccc(C)cc1)[CH]1C=C(C)c2cc3c(cc2C1(C)C)Cc1cc2c(cc1-3)C(C)=CCC2(C)C. The summed E-state index contributed by atoms with van der Waals surface area (Å²) >= 11 is -4.19. The van der Waals surface area contributed by atoms with Crippen molar-refractivity contribution < 1.29 is 18.3 Å². The van der Waals surface area contributed by atoms with Crippen molar-refractivity contribution in [3.8, 4) is 11.1 Å². The van der Waals surface area contributed by atoms with Gasteiger partial charge in [0.2, 0.25) is 0 Å². The van der Waals surface area contributed by atoms with Crippen LogP contribution in [-0.2, 0) is 35.5 Å². The van der Waals surface area contributed by atoms with E-state index in [0.29, 0.717) is 9.54 Å². The van der Waals surface area contributed by atoms with Crippen LogP contribution in [0.4, 0.5) is 0 Å². The molecule has 0 bridgehead atoms. The molecule has 0 saturated carbocycles. The quantitative estimate of drug-likeness (QED) is 0.197. The van der Waals surface area contributed by atoms with Gasteiger partial charge in [-0.05, 0) is 0 Å². The molecule has 0 amide bonds. The fraction of sp³-hybridized carbons (Fsp3) is 0.372. The van der Waals surface area contributed by atoms with Crippen LogP contribution in [0, 0.1) is 12.8 Å². The maximum atomic E-state index is 5.52. The molecule has 7 rings (SSSR count). The van der Waals surface area contributed by atoms with E-state index in [4.69, 9.17) is 4.21 Å². The maximum absolute atomic E-state index is 5.52. The molecule has 0 heterocycles. The van der Waals surface area contributed by atoms with Gasteiger partial charge in [-0.2, -0.15) is 0 Å². The molecule has 2 atom stereocenters. The third-order valence-electron chi connectivity index (χ3n) is 12.4. The topological polar surface area (TPSA) is 0 Å². The van der Waals surface area contributed by atoms with Crippen LogP contribution in [0.25, 0.3) is 22.3 Å². The fourth-order valence-corrected chi connectivity index (χ4v) is 26.9. The Morgan fingerprint density at radius 3 is 1.87 bits per heavy atom. The van der Waals surface area contributed by atoms with Crippen molar-refractivity contribution in [1.82, 2.24) is 0 Å². The number of hydrogen-bond acceptors (Lipinski definition) is 0. The van der Waals surface area contributed by atoms with Gasteiger partial charge in [-0.15, -0.1) is 24.8 Å². The van der Waals surface area contributed by atoms with E-state index in [1.165, 1.54) is 70.1 Å². The van der Waals surface area contributed by atoms with Crippen LogP contribution in [-0.4, -0.2) is 4.21 Å². The van der Waals surface area contributed by atoms with Gasteiger partial charge < -0.3 is 0 Å². The molecular formula is C43H52Cl2Zr. The molecule has 0 fully saturated rings. The second-order valence-corrected chi connectivity index (χ2v) is 31.3. The first-order valence-electron chi connectivity index (χ1n) is 16.8. The zero-order chi connectivity index (χ0) is 31.6. The number of hydrogen-bond donors (Lipinski definition) is 0. The molecule has 0 N–H and O–H groups in total. The van der Waals surface area contributed by atoms with Crippen molar-refractivity contribution in [3.05, 3.63) is 121 Å². The van der Waals surface area contributed by atoms with Crippen molar-refractivity contribution in [2.75, 3.05) is 0 Å². The fourth-order valence-electron chi connectivity index (χ4n) is 9.87. The summed E-state index contributed by atoms with van der Waals surface area (Å²) in [5.74, 6) is 0.428. The summed E-state index contributed by atoms with van der Waals surface area (Å²) < 4.78 is 11.7. The summed E-state index contributed by atoms with van der Waals surface area (Å²) in [5.41, 5.74) is 17.5. The summed E-state index contributed by atoms with van der Waals surface area (Å²) in [4.78, 5) is 0. The number of benzene rings is 3. The molecule has 4 aliphatic rings. The summed E-state index contributed by atoms with van der Waals surface area (Å²) in [6.07, 6.45) is 12.3. The zero-order valence-electron chi connectivity index (χ0n) is 29.5. The molecule has 3 aromatic carbocycles. The van der Waals surface area contributed by atoms with Gasteiger partial charge in [0.1, 0.15) is 0 Å². The molecule has 0 aromatic heterocycles. The molecule has 2 unspecified atom stereocenters. The number of halogens is 2. The normalized spacial score (nSPS) is 22.1. The average Bonchev–Trinajstić information content (AvgIpc) is 3.50. The van der Waals surface area contributed by atoms with E-state index in [1.54, 1.807) is 3.28 Å². The van der Waals surface area contributed by atoms with E-state index in [2.05, 4.69) is 140 Å². The van der Waals surface area contributed by atoms with Crippen molar-refractivity contribution in [2.24, 2.45) is 5.92 Å². The van der Waals surface area contributed by atoms with Gasteiger partial charge >= 0.3 is 269 Å². The van der Waals surface area contributed by atoms with Crippen LogP contribution < -0.4 is 3.27 Å². The van der Waals surface area contributed by atoms with E-state index in [9.17, 15) is 0 Å². The molecule has 4 aliphatic carbocycles. The number of aryl methyl sites for hydroxylation is 1. The van der Waals surface area contributed by atoms with E-state index in [0.717, 1.165) is 12.8 Å². The van der Waals surface area contributed by atoms with Crippen LogP contribution in [0.15, 0.2) is 81.7 Å². The van der Waals surface area contributed by atoms with E-state index in [1.807, 2.05) is 0 Å². The van der Waals surface area contributed by atoms with Crippen molar-refractivity contribution in [3.63, 3.8) is 0 Å². The number of allylic oxidation sites excluding steroid dienone is 8. The van der Waals surface area contributed by atoms with Crippen LogP contribution in [0.3, 0.4) is 0 Å². The van der Waals surface area contributed by atoms with Crippen LogP contribution >= 0.6 is 24.8 Å². The summed E-state index contributed by atoms with van der Waals surface area (Å²) in [6.45, 7) is 21.4. The first-order chi connectivity index (χ1) is 20.5. The molecule has 0 aliphatic heterocycles. The van der Waals surface area contributed by atoms with Crippen molar-refractivity contribution >= 4 is 43.4 Å². The summed E-state index contributed by atoms with van der Waals surface area (Å²) in [6, 6.07) is 19.7. The third kappa shape index (κ3) is 4.89. The Balaban J connectivity index is 0.00000208. The second kappa shape index (κ2) is 11.3. The monoisotopic (exact) mass is 728 g/mol. The van der Waals surface area contributed by atoms with Crippen LogP contribution in [0.1, 0.15) is 101 Å². The molecule has 242 valence electrons. The number of fused-ring (bicyclic) bond motifs is 5. The van der Waals surface area contributed by atoms with Gasteiger partial charge in [-0.25, -0.2) is 0 Å². The Kier molecular flexibility index (Phi) is 8.63. The Morgan fingerprint density at radius 1 is 0.739 bits per heavy atom. The molecule has 0 radical (unpaired) electrons. The first kappa shape index (κ1) is 35.3. The minimum atomic E-state index is -4.19. The van der Waals surface area contributed by atoms with Crippen molar-refractivity contribution in [1.29, 1.82) is 0 Å². The predicted molar refractivity (Wildman–Crippen MR) is 206 cm³/mol. The standard InChI is InChI=1S/C27H29.C7H9.C7H7.CH3.CH2.2ClH.Zr/c1-16-7-9-26(3,4)24-12-18-11-19-13-25-21(17(2)8-10-27(25,5)6)15-23(19)22(18)14-20(16)24;1-6-3-4-7(2)5-6;1-7-5-3-2-4-6-7;;;;;/h7-9,12-15H,10-11H2,1-6H3;3,5,7H,1-2H3;3-6H,1H3;1H3;1H2;2*1H;. The van der Waals surface area contributed by atoms with Gasteiger partial charge in [0.25, 0.3) is 0 Å². The van der Waals surface area contributed by atoms with E-state index >= 15 is 0 Å². The van der Waals surface area contributed by atoms with Gasteiger partial charge in [-0.3, -0.25) is 0 Å². The molecular weight excluding hydrogens is 679 g/mol. The molecule has 3 aromatic rings. The van der Waals surface area contributed by atoms with Crippen molar-refractivity contribution in [2.45, 2.75) is 94.2 Å². The van der Waals surface area contributed by atoms with E-state index in [-0.39, 0.29) is 35.6 Å². The Hall–Kier alpha value is -2.05. The zero-order valence-corrected chi connectivity index (χ0v) is 33.6. The minimum absolute atomic E-state index is 0. The Labute approximate surface area is 291 Å². The Bertz CT molecular complexity index is 1980. The average molecular weight is 731 g/mol. The third-order valence-corrected chi connectivity index (χ3v) is 29.0. The summed E-state index contributed by atoms with van der Waals surface area (Å²) in [5, 5.41) is 0. The molecule has 46 heavy (non-hydrogen) atoms. The van der Waals surface area contributed by atoms with Crippen LogP contribution in [0.2, 0.25) is 8.26 Å². The second-order valence-electron chi connectivity index (χ2n) is 16.6. The molecule has 3 heteroatoms. The van der Waals surface area contributed by atoms with Gasteiger partial charge in [0, 0.05) is 0 Å². The van der Waals surface area contributed by atoms with Gasteiger partial charge in [-0.1, -0.05) is 0 Å². The molecule has 0 saturated heterocycles. The summed E-state index contributed by atoms with van der Waals surface area (Å²) in [7, 11) is 0. The van der Waals surface area contributed by atoms with Crippen LogP contribution in [0.5, 0.6) is 0 Å². The van der Waals surface area contributed by atoms with E-state index < -0.39 is 18.3 Å². The number of rotatable bonds is 3. The first-order valence-corrected chi connectivity index (χ1v) is 24.8. The predicted octanol–water partition coefficient (Wildman–Crippen LogP) is 12.0. The Morgan fingerprint density at radius 2 is 1.30 bits per heavy atom. The van der Waals surface area contributed by atoms with Gasteiger partial charge in [0.15, 0.2) is 0 Å². The molecule has 0 spiro atoms. The van der Waals surface area contributed by atoms with Gasteiger partial charge in [0.05, 0.1) is 0 Å².